The maximum absolute atomic E-state index is 10.4. The lowest BCUT2D eigenvalue weighted by Gasteiger charge is -2.31. The largest absolute Gasteiger partial charge is 0.507 e. The zero-order valence-corrected chi connectivity index (χ0v) is 13.7. The zero-order chi connectivity index (χ0) is 16.3. The molecule has 1 aromatic rings. The predicted octanol–water partition coefficient (Wildman–Crippen LogP) is 4.90. The van der Waals surface area contributed by atoms with Crippen molar-refractivity contribution in [3.8, 4) is 17.2 Å². The Hall–Kier alpha value is -1.90. The number of hydrogen-bond acceptors (Lipinski definition) is 3. The number of rotatable bonds is 5. The monoisotopic (exact) mass is 302 g/mol. The third-order valence-electron chi connectivity index (χ3n) is 4.30. The Morgan fingerprint density at radius 2 is 1.95 bits per heavy atom. The molecule has 0 saturated carbocycles. The van der Waals surface area contributed by atoms with Crippen molar-refractivity contribution in [1.82, 2.24) is 0 Å². The first kappa shape index (κ1) is 16.5. The van der Waals surface area contributed by atoms with Crippen LogP contribution in [0.25, 0.3) is 0 Å². The minimum Gasteiger partial charge on any atom is -0.507 e. The van der Waals surface area contributed by atoms with Gasteiger partial charge in [0, 0.05) is 23.6 Å². The van der Waals surface area contributed by atoms with Gasteiger partial charge in [-0.2, -0.15) is 0 Å². The van der Waals surface area contributed by atoms with Crippen LogP contribution in [0, 0.1) is 5.92 Å². The van der Waals surface area contributed by atoms with Crippen LogP contribution in [0.2, 0.25) is 0 Å². The fourth-order valence-corrected chi connectivity index (χ4v) is 3.15. The first-order chi connectivity index (χ1) is 10.4. The van der Waals surface area contributed by atoms with Crippen LogP contribution in [-0.4, -0.2) is 16.8 Å². The third kappa shape index (κ3) is 3.46. The minimum atomic E-state index is -0.0357. The number of allylic oxidation sites excluding steroid dienone is 3. The van der Waals surface area contributed by atoms with Crippen molar-refractivity contribution in [3.63, 3.8) is 0 Å². The standard InChI is InChI=1S/C19H26O3/c1-5-8-22-14-10-17(20)19(18(21)11-14)16-9-13(4)6-7-15(16)12(2)3/h9-11,15-16,20-21H,2,5-8H2,1,3-4H3. The van der Waals surface area contributed by atoms with Gasteiger partial charge in [-0.15, -0.1) is 0 Å². The average molecular weight is 302 g/mol. The van der Waals surface area contributed by atoms with Crippen LogP contribution in [0.3, 0.4) is 0 Å². The second-order valence-corrected chi connectivity index (χ2v) is 6.25. The van der Waals surface area contributed by atoms with E-state index in [1.165, 1.54) is 5.57 Å². The minimum absolute atomic E-state index is 0.0357. The fourth-order valence-electron chi connectivity index (χ4n) is 3.15. The quantitative estimate of drug-likeness (QED) is 0.760. The number of phenols is 2. The Morgan fingerprint density at radius 3 is 2.50 bits per heavy atom. The van der Waals surface area contributed by atoms with Gasteiger partial charge in [0.2, 0.25) is 0 Å². The number of benzene rings is 1. The lowest BCUT2D eigenvalue weighted by atomic mass is 9.74. The number of ether oxygens (including phenoxy) is 1. The highest BCUT2D eigenvalue weighted by Crippen LogP contribution is 2.47. The summed E-state index contributed by atoms with van der Waals surface area (Å²) < 4.78 is 5.50. The lowest BCUT2D eigenvalue weighted by molar-refractivity contribution is 0.311. The molecule has 2 N–H and O–H groups in total. The van der Waals surface area contributed by atoms with Crippen molar-refractivity contribution in [1.29, 1.82) is 0 Å². The van der Waals surface area contributed by atoms with E-state index in [2.05, 4.69) is 19.6 Å². The molecule has 0 aromatic heterocycles. The van der Waals surface area contributed by atoms with E-state index in [1.54, 1.807) is 12.1 Å². The van der Waals surface area contributed by atoms with Gasteiger partial charge in [0.25, 0.3) is 0 Å². The van der Waals surface area contributed by atoms with E-state index in [1.807, 2.05) is 13.8 Å². The molecule has 2 unspecified atom stereocenters. The van der Waals surface area contributed by atoms with E-state index in [4.69, 9.17) is 4.74 Å². The maximum atomic E-state index is 10.4. The van der Waals surface area contributed by atoms with Crippen LogP contribution in [-0.2, 0) is 0 Å². The Morgan fingerprint density at radius 1 is 1.32 bits per heavy atom. The molecule has 0 radical (unpaired) electrons. The van der Waals surface area contributed by atoms with Crippen molar-refractivity contribution < 1.29 is 14.9 Å². The van der Waals surface area contributed by atoms with Crippen molar-refractivity contribution >= 4 is 0 Å². The third-order valence-corrected chi connectivity index (χ3v) is 4.30. The van der Waals surface area contributed by atoms with Gasteiger partial charge in [-0.3, -0.25) is 0 Å². The first-order valence-electron chi connectivity index (χ1n) is 7.95. The zero-order valence-electron chi connectivity index (χ0n) is 13.7. The molecule has 0 spiro atoms. The van der Waals surface area contributed by atoms with Gasteiger partial charge in [0.15, 0.2) is 0 Å². The molecule has 3 heteroatoms. The molecular weight excluding hydrogens is 276 g/mol. The number of phenolic OH excluding ortho intramolecular Hbond substituents is 2. The molecule has 0 fully saturated rings. The van der Waals surface area contributed by atoms with E-state index in [0.29, 0.717) is 17.9 Å². The Balaban J connectivity index is 2.41. The molecule has 1 aromatic carbocycles. The Kier molecular flexibility index (Phi) is 5.17. The average Bonchev–Trinajstić information content (AvgIpc) is 2.44. The summed E-state index contributed by atoms with van der Waals surface area (Å²) in [5.74, 6) is 0.889. The second kappa shape index (κ2) is 6.91. The highest BCUT2D eigenvalue weighted by Gasteiger charge is 2.30. The molecule has 3 nitrogen and oxygen atoms in total. The summed E-state index contributed by atoms with van der Waals surface area (Å²) in [6.07, 6.45) is 5.05. The van der Waals surface area contributed by atoms with Crippen molar-refractivity contribution in [2.75, 3.05) is 6.61 Å². The van der Waals surface area contributed by atoms with Gasteiger partial charge in [-0.25, -0.2) is 0 Å². The van der Waals surface area contributed by atoms with Gasteiger partial charge >= 0.3 is 0 Å². The van der Waals surface area contributed by atoms with Crippen molar-refractivity contribution in [2.45, 2.75) is 46.0 Å². The second-order valence-electron chi connectivity index (χ2n) is 6.25. The van der Waals surface area contributed by atoms with Crippen molar-refractivity contribution in [3.05, 3.63) is 41.5 Å². The Bertz CT molecular complexity index is 563. The molecule has 0 saturated heterocycles. The topological polar surface area (TPSA) is 49.7 Å². The summed E-state index contributed by atoms with van der Waals surface area (Å²) in [6, 6.07) is 3.19. The van der Waals surface area contributed by atoms with Crippen LogP contribution in [0.15, 0.2) is 35.9 Å². The van der Waals surface area contributed by atoms with E-state index in [-0.39, 0.29) is 23.3 Å². The first-order valence-corrected chi connectivity index (χ1v) is 7.95. The molecule has 0 amide bonds. The SMILES string of the molecule is C=C(C)C1CCC(C)=CC1c1c(O)cc(OCCC)cc1O. The van der Waals surface area contributed by atoms with Crippen LogP contribution < -0.4 is 4.74 Å². The molecule has 1 aliphatic rings. The van der Waals surface area contributed by atoms with Gasteiger partial charge in [0.1, 0.15) is 17.2 Å². The van der Waals surface area contributed by atoms with Crippen LogP contribution >= 0.6 is 0 Å². The molecule has 0 heterocycles. The van der Waals surface area contributed by atoms with Gasteiger partial charge in [0.05, 0.1) is 6.61 Å². The van der Waals surface area contributed by atoms with Gasteiger partial charge in [-0.1, -0.05) is 30.7 Å². The van der Waals surface area contributed by atoms with E-state index < -0.39 is 0 Å². The van der Waals surface area contributed by atoms with E-state index >= 15 is 0 Å². The molecule has 0 aliphatic heterocycles. The normalized spacial score (nSPS) is 21.3. The molecule has 22 heavy (non-hydrogen) atoms. The summed E-state index contributed by atoms with van der Waals surface area (Å²) in [7, 11) is 0. The van der Waals surface area contributed by atoms with Gasteiger partial charge in [-0.05, 0) is 39.0 Å². The number of aromatic hydroxyl groups is 2. The fraction of sp³-hybridized carbons (Fsp3) is 0.474. The van der Waals surface area contributed by atoms with E-state index in [9.17, 15) is 10.2 Å². The summed E-state index contributed by atoms with van der Waals surface area (Å²) in [5.41, 5.74) is 2.95. The molecule has 120 valence electrons. The Labute approximate surface area is 132 Å². The van der Waals surface area contributed by atoms with Crippen molar-refractivity contribution in [2.24, 2.45) is 5.92 Å². The lowest BCUT2D eigenvalue weighted by Crippen LogP contribution is -2.17. The van der Waals surface area contributed by atoms with Gasteiger partial charge < -0.3 is 14.9 Å². The molecule has 0 bridgehead atoms. The summed E-state index contributed by atoms with van der Waals surface area (Å²) in [6.45, 7) is 10.8. The van der Waals surface area contributed by atoms with Crippen LogP contribution in [0.1, 0.15) is 51.5 Å². The summed E-state index contributed by atoms with van der Waals surface area (Å²) >= 11 is 0. The highest BCUT2D eigenvalue weighted by molar-refractivity contribution is 5.53. The smallest absolute Gasteiger partial charge is 0.126 e. The van der Waals surface area contributed by atoms with Crippen LogP contribution in [0.4, 0.5) is 0 Å². The summed E-state index contributed by atoms with van der Waals surface area (Å²) in [5, 5.41) is 20.8. The molecule has 1 aliphatic carbocycles. The van der Waals surface area contributed by atoms with E-state index in [0.717, 1.165) is 24.8 Å². The predicted molar refractivity (Wildman–Crippen MR) is 89.6 cm³/mol. The number of hydrogen-bond donors (Lipinski definition) is 2. The molecule has 2 rings (SSSR count). The molecular formula is C19H26O3. The maximum Gasteiger partial charge on any atom is 0.126 e. The highest BCUT2D eigenvalue weighted by atomic mass is 16.5. The summed E-state index contributed by atoms with van der Waals surface area (Å²) in [4.78, 5) is 0. The van der Waals surface area contributed by atoms with Crippen LogP contribution in [0.5, 0.6) is 17.2 Å². The molecule has 2 atom stereocenters.